The summed E-state index contributed by atoms with van der Waals surface area (Å²) in [5.41, 5.74) is 1.57. The number of nitrogens with zero attached hydrogens (tertiary/aromatic N) is 1. The van der Waals surface area contributed by atoms with Gasteiger partial charge in [-0.05, 0) is 41.8 Å². The summed E-state index contributed by atoms with van der Waals surface area (Å²) >= 11 is 0. The Morgan fingerprint density at radius 3 is 1.96 bits per heavy atom. The van der Waals surface area contributed by atoms with E-state index in [2.05, 4.69) is 0 Å². The Labute approximate surface area is 139 Å². The van der Waals surface area contributed by atoms with Crippen molar-refractivity contribution in [2.24, 2.45) is 0 Å². The number of hydrogen-bond acceptors (Lipinski definition) is 2. The largest absolute Gasteiger partial charge is 0.374 e. The first-order chi connectivity index (χ1) is 11.6. The molecule has 24 heavy (non-hydrogen) atoms. The van der Waals surface area contributed by atoms with E-state index in [0.29, 0.717) is 13.0 Å². The van der Waals surface area contributed by atoms with E-state index in [9.17, 15) is 13.6 Å². The molecule has 0 saturated carbocycles. The molecule has 1 aliphatic heterocycles. The molecule has 0 N–H and O–H groups in total. The zero-order chi connectivity index (χ0) is 17.1. The Kier molecular flexibility index (Phi) is 4.90. The molecule has 1 heterocycles. The third-order valence-electron chi connectivity index (χ3n) is 4.40. The molecule has 126 valence electrons. The molecule has 0 spiro atoms. The molecule has 0 radical (unpaired) electrons. The van der Waals surface area contributed by atoms with Crippen molar-refractivity contribution in [3.05, 3.63) is 71.3 Å². The van der Waals surface area contributed by atoms with Crippen LogP contribution in [0.1, 0.15) is 36.1 Å². The number of halogens is 2. The number of amides is 1. The fraction of sp³-hybridized carbons (Fsp3) is 0.316. The molecule has 0 aromatic heterocycles. The van der Waals surface area contributed by atoms with Gasteiger partial charge < -0.3 is 9.64 Å². The highest BCUT2D eigenvalue weighted by Crippen LogP contribution is 2.38. The number of benzene rings is 2. The van der Waals surface area contributed by atoms with Crippen LogP contribution in [-0.4, -0.2) is 24.5 Å². The summed E-state index contributed by atoms with van der Waals surface area (Å²) in [6.45, 7) is 0.627. The van der Waals surface area contributed by atoms with Gasteiger partial charge in [0.05, 0.1) is 6.04 Å². The van der Waals surface area contributed by atoms with Crippen LogP contribution in [-0.2, 0) is 9.53 Å². The van der Waals surface area contributed by atoms with Gasteiger partial charge in [0.25, 0.3) is 0 Å². The van der Waals surface area contributed by atoms with Crippen molar-refractivity contribution in [1.29, 1.82) is 0 Å². The van der Waals surface area contributed by atoms with Gasteiger partial charge in [0, 0.05) is 20.1 Å². The van der Waals surface area contributed by atoms with Crippen LogP contribution in [0, 0.1) is 11.6 Å². The summed E-state index contributed by atoms with van der Waals surface area (Å²) in [4.78, 5) is 14.1. The van der Waals surface area contributed by atoms with Gasteiger partial charge in [-0.25, -0.2) is 8.78 Å². The molecule has 0 bridgehead atoms. The highest BCUT2D eigenvalue weighted by molar-refractivity contribution is 5.78. The molecule has 2 atom stereocenters. The Morgan fingerprint density at radius 1 is 0.958 bits per heavy atom. The maximum absolute atomic E-state index is 13.3. The predicted octanol–water partition coefficient (Wildman–Crippen LogP) is 4.02. The van der Waals surface area contributed by atoms with Crippen LogP contribution < -0.4 is 0 Å². The van der Waals surface area contributed by atoms with E-state index in [-0.39, 0.29) is 23.6 Å². The zero-order valence-corrected chi connectivity index (χ0v) is 13.4. The van der Waals surface area contributed by atoms with Crippen molar-refractivity contribution in [2.75, 3.05) is 13.7 Å². The summed E-state index contributed by atoms with van der Waals surface area (Å²) < 4.78 is 32.2. The molecule has 2 aromatic carbocycles. The fourth-order valence-electron chi connectivity index (χ4n) is 3.24. The smallest absolute Gasteiger partial charge is 0.223 e. The number of ether oxygens (including phenoxy) is 1. The standard InChI is InChI=1S/C19H19F2NO2/c1-24-19(14-6-10-16(21)11-7-14)18(22-12-2-3-17(22)23)13-4-8-15(20)9-5-13/h4-11,18-19H,2-3,12H2,1H3/t18-,19+/m0/s1. The number of carbonyl (C=O) groups is 1. The molecule has 0 unspecified atom stereocenters. The first-order valence-corrected chi connectivity index (χ1v) is 7.93. The summed E-state index contributed by atoms with van der Waals surface area (Å²) in [5.74, 6) is -0.612. The summed E-state index contributed by atoms with van der Waals surface area (Å²) in [6.07, 6.45) is 0.826. The average molecular weight is 331 g/mol. The molecule has 1 aliphatic rings. The van der Waals surface area contributed by atoms with Crippen molar-refractivity contribution < 1.29 is 18.3 Å². The minimum atomic E-state index is -0.460. The zero-order valence-electron chi connectivity index (χ0n) is 13.4. The molecular weight excluding hydrogens is 312 g/mol. The van der Waals surface area contributed by atoms with Crippen LogP contribution >= 0.6 is 0 Å². The predicted molar refractivity (Wildman–Crippen MR) is 86.2 cm³/mol. The topological polar surface area (TPSA) is 29.5 Å². The molecule has 5 heteroatoms. The van der Waals surface area contributed by atoms with Gasteiger partial charge in [-0.3, -0.25) is 4.79 Å². The third-order valence-corrected chi connectivity index (χ3v) is 4.40. The van der Waals surface area contributed by atoms with Crippen LogP contribution in [0.3, 0.4) is 0 Å². The molecular formula is C19H19F2NO2. The normalized spacial score (nSPS) is 17.1. The highest BCUT2D eigenvalue weighted by atomic mass is 19.1. The maximum Gasteiger partial charge on any atom is 0.223 e. The van der Waals surface area contributed by atoms with E-state index < -0.39 is 6.10 Å². The van der Waals surface area contributed by atoms with Crippen LogP contribution in [0.5, 0.6) is 0 Å². The minimum Gasteiger partial charge on any atom is -0.374 e. The SMILES string of the molecule is CO[C@H](c1ccc(F)cc1)[C@H](c1ccc(F)cc1)N1CCCC1=O. The molecule has 1 saturated heterocycles. The van der Waals surface area contributed by atoms with E-state index in [1.807, 2.05) is 0 Å². The lowest BCUT2D eigenvalue weighted by atomic mass is 9.94. The third kappa shape index (κ3) is 3.31. The Balaban J connectivity index is 2.03. The minimum absolute atomic E-state index is 0.0495. The second-order valence-corrected chi connectivity index (χ2v) is 5.89. The van der Waals surface area contributed by atoms with Crippen molar-refractivity contribution in [3.63, 3.8) is 0 Å². The highest BCUT2D eigenvalue weighted by Gasteiger charge is 2.35. The number of rotatable bonds is 5. The monoisotopic (exact) mass is 331 g/mol. The van der Waals surface area contributed by atoms with Crippen molar-refractivity contribution in [1.82, 2.24) is 4.90 Å². The van der Waals surface area contributed by atoms with Crippen LogP contribution in [0.2, 0.25) is 0 Å². The second kappa shape index (κ2) is 7.09. The van der Waals surface area contributed by atoms with Crippen molar-refractivity contribution in [3.8, 4) is 0 Å². The van der Waals surface area contributed by atoms with Gasteiger partial charge >= 0.3 is 0 Å². The number of likely N-dealkylation sites (tertiary alicyclic amines) is 1. The molecule has 1 fully saturated rings. The summed E-state index contributed by atoms with van der Waals surface area (Å²) in [6, 6.07) is 11.8. The summed E-state index contributed by atoms with van der Waals surface area (Å²) in [7, 11) is 1.56. The lowest BCUT2D eigenvalue weighted by molar-refractivity contribution is -0.133. The van der Waals surface area contributed by atoms with E-state index in [0.717, 1.165) is 17.5 Å². The molecule has 2 aromatic rings. The van der Waals surface area contributed by atoms with Gasteiger partial charge in [0.15, 0.2) is 0 Å². The van der Waals surface area contributed by atoms with Gasteiger partial charge in [0.1, 0.15) is 17.7 Å². The Hall–Kier alpha value is -2.27. The Morgan fingerprint density at radius 2 is 1.50 bits per heavy atom. The van der Waals surface area contributed by atoms with Gasteiger partial charge in [-0.1, -0.05) is 24.3 Å². The molecule has 3 rings (SSSR count). The van der Waals surface area contributed by atoms with Crippen LogP contribution in [0.25, 0.3) is 0 Å². The van der Waals surface area contributed by atoms with Gasteiger partial charge in [0.2, 0.25) is 5.91 Å². The lowest BCUT2D eigenvalue weighted by Crippen LogP contribution is -2.34. The first kappa shape index (κ1) is 16.6. The average Bonchev–Trinajstić information content (AvgIpc) is 3.00. The van der Waals surface area contributed by atoms with Crippen LogP contribution in [0.15, 0.2) is 48.5 Å². The van der Waals surface area contributed by atoms with E-state index >= 15 is 0 Å². The second-order valence-electron chi connectivity index (χ2n) is 5.89. The van der Waals surface area contributed by atoms with Crippen molar-refractivity contribution >= 4 is 5.91 Å². The first-order valence-electron chi connectivity index (χ1n) is 7.93. The van der Waals surface area contributed by atoms with E-state index in [4.69, 9.17) is 4.74 Å². The van der Waals surface area contributed by atoms with Gasteiger partial charge in [-0.2, -0.15) is 0 Å². The van der Waals surface area contributed by atoms with E-state index in [1.165, 1.54) is 24.3 Å². The van der Waals surface area contributed by atoms with Gasteiger partial charge in [-0.15, -0.1) is 0 Å². The fourth-order valence-corrected chi connectivity index (χ4v) is 3.24. The number of hydrogen-bond donors (Lipinski definition) is 0. The molecule has 3 nitrogen and oxygen atoms in total. The van der Waals surface area contributed by atoms with E-state index in [1.54, 1.807) is 36.3 Å². The summed E-state index contributed by atoms with van der Waals surface area (Å²) in [5, 5.41) is 0. The molecule has 1 amide bonds. The lowest BCUT2D eigenvalue weighted by Gasteiger charge is -2.34. The number of carbonyl (C=O) groups excluding carboxylic acids is 1. The molecule has 0 aliphatic carbocycles. The Bertz CT molecular complexity index is 700. The number of methoxy groups -OCH3 is 1. The maximum atomic E-state index is 13.3. The van der Waals surface area contributed by atoms with Crippen LogP contribution in [0.4, 0.5) is 8.78 Å². The van der Waals surface area contributed by atoms with Crippen molar-refractivity contribution in [2.45, 2.75) is 25.0 Å². The quantitative estimate of drug-likeness (QED) is 0.828.